The summed E-state index contributed by atoms with van der Waals surface area (Å²) in [5, 5.41) is 2.76. The fourth-order valence-corrected chi connectivity index (χ4v) is 6.30. The molecule has 30 heavy (non-hydrogen) atoms. The van der Waals surface area contributed by atoms with Crippen molar-refractivity contribution in [3.8, 4) is 0 Å². The molecule has 1 aliphatic carbocycles. The molecule has 1 N–H and O–H groups in total. The van der Waals surface area contributed by atoms with E-state index in [2.05, 4.69) is 10.3 Å². The topological polar surface area (TPSA) is 93.5 Å². The fraction of sp³-hybridized carbons (Fsp3) is 0.524. The predicted molar refractivity (Wildman–Crippen MR) is 110 cm³/mol. The first-order valence-electron chi connectivity index (χ1n) is 10.5. The number of hydrogen-bond donors (Lipinski definition) is 1. The second kappa shape index (κ2) is 7.47. The summed E-state index contributed by atoms with van der Waals surface area (Å²) < 4.78 is 35.1. The summed E-state index contributed by atoms with van der Waals surface area (Å²) in [5.41, 5.74) is 0.296. The van der Waals surface area contributed by atoms with Crippen molar-refractivity contribution in [2.24, 2.45) is 0 Å². The van der Waals surface area contributed by atoms with E-state index in [1.165, 1.54) is 0 Å². The Labute approximate surface area is 176 Å². The van der Waals surface area contributed by atoms with Gasteiger partial charge in [0, 0.05) is 32.0 Å². The van der Waals surface area contributed by atoms with E-state index in [0.29, 0.717) is 39.0 Å². The second-order valence-corrected chi connectivity index (χ2v) is 10.6. The Morgan fingerprint density at radius 3 is 2.63 bits per heavy atom. The third-order valence-corrected chi connectivity index (χ3v) is 8.69. The van der Waals surface area contributed by atoms with E-state index in [0.717, 1.165) is 24.2 Å². The minimum absolute atomic E-state index is 0.161. The van der Waals surface area contributed by atoms with Crippen LogP contribution in [0.3, 0.4) is 0 Å². The van der Waals surface area contributed by atoms with Crippen LogP contribution in [0.25, 0.3) is 0 Å². The third kappa shape index (κ3) is 3.55. The van der Waals surface area contributed by atoms with Crippen molar-refractivity contribution in [3.05, 3.63) is 54.1 Å². The Morgan fingerprint density at radius 1 is 1.20 bits per heavy atom. The zero-order valence-corrected chi connectivity index (χ0v) is 17.6. The first-order valence-corrected chi connectivity index (χ1v) is 12.0. The zero-order valence-electron chi connectivity index (χ0n) is 16.7. The molecule has 3 heterocycles. The first kappa shape index (κ1) is 19.7. The van der Waals surface area contributed by atoms with Crippen LogP contribution in [-0.2, 0) is 38.2 Å². The molecule has 2 aliphatic heterocycles. The summed E-state index contributed by atoms with van der Waals surface area (Å²) in [4.78, 5) is 17.4. The van der Waals surface area contributed by atoms with E-state index >= 15 is 0 Å². The minimum atomic E-state index is -3.21. The molecule has 0 bridgehead atoms. The van der Waals surface area contributed by atoms with Crippen molar-refractivity contribution in [1.82, 2.24) is 19.2 Å². The normalized spacial score (nSPS) is 23.8. The lowest BCUT2D eigenvalue weighted by Gasteiger charge is -2.45. The minimum Gasteiger partial charge on any atom is -0.352 e. The van der Waals surface area contributed by atoms with Gasteiger partial charge in [0.25, 0.3) is 5.91 Å². The Kier molecular flexibility index (Phi) is 4.91. The molecule has 5 rings (SSSR count). The van der Waals surface area contributed by atoms with Crippen molar-refractivity contribution in [3.63, 3.8) is 0 Å². The smallest absolute Gasteiger partial charge is 0.251 e. The number of piperidine rings is 1. The summed E-state index contributed by atoms with van der Waals surface area (Å²) in [7, 11) is -3.21. The van der Waals surface area contributed by atoms with Crippen LogP contribution in [0.5, 0.6) is 0 Å². The number of sulfonamides is 1. The molecule has 0 unspecified atom stereocenters. The number of hydrogen-bond acceptors (Lipinski definition) is 5. The molecule has 8 nitrogen and oxygen atoms in total. The molecule has 160 valence electrons. The van der Waals surface area contributed by atoms with E-state index in [1.807, 2.05) is 41.1 Å². The SMILES string of the molecule is O=C(NCc1ccccc1)[C@H]1Cn2ccnc2C2(CCN(S(=O)(=O)C3CC3)CC2)O1. The van der Waals surface area contributed by atoms with Crippen LogP contribution in [0.2, 0.25) is 0 Å². The highest BCUT2D eigenvalue weighted by Gasteiger charge is 2.50. The summed E-state index contributed by atoms with van der Waals surface area (Å²) >= 11 is 0. The summed E-state index contributed by atoms with van der Waals surface area (Å²) in [6.07, 6.45) is 5.46. The maximum absolute atomic E-state index is 12.9. The van der Waals surface area contributed by atoms with Gasteiger partial charge in [0.2, 0.25) is 10.0 Å². The number of fused-ring (bicyclic) bond motifs is 2. The molecule has 1 saturated carbocycles. The monoisotopic (exact) mass is 430 g/mol. The number of carbonyl (C=O) groups excluding carboxylic acids is 1. The van der Waals surface area contributed by atoms with Crippen LogP contribution in [0.15, 0.2) is 42.7 Å². The average molecular weight is 431 g/mol. The molecule has 2 aromatic rings. The number of amides is 1. The number of aromatic nitrogens is 2. The van der Waals surface area contributed by atoms with Crippen LogP contribution < -0.4 is 5.32 Å². The number of rotatable bonds is 5. The zero-order chi connectivity index (χ0) is 20.8. The number of ether oxygens (including phenoxy) is 1. The van der Waals surface area contributed by atoms with Crippen molar-refractivity contribution in [2.75, 3.05) is 13.1 Å². The molecular formula is C21H26N4O4S. The van der Waals surface area contributed by atoms with Gasteiger partial charge in [-0.1, -0.05) is 30.3 Å². The lowest BCUT2D eigenvalue weighted by Crippen LogP contribution is -2.54. The van der Waals surface area contributed by atoms with Crippen molar-refractivity contribution < 1.29 is 17.9 Å². The van der Waals surface area contributed by atoms with Gasteiger partial charge in [-0.15, -0.1) is 0 Å². The number of nitrogens with zero attached hydrogens (tertiary/aromatic N) is 3. The maximum Gasteiger partial charge on any atom is 0.251 e. The van der Waals surface area contributed by atoms with Gasteiger partial charge >= 0.3 is 0 Å². The van der Waals surface area contributed by atoms with E-state index < -0.39 is 21.7 Å². The summed E-state index contributed by atoms with van der Waals surface area (Å²) in [5.74, 6) is 0.628. The Morgan fingerprint density at radius 2 is 1.93 bits per heavy atom. The van der Waals surface area contributed by atoms with E-state index in [1.54, 1.807) is 10.5 Å². The Bertz CT molecular complexity index is 1020. The fourth-order valence-electron chi connectivity index (χ4n) is 4.45. The van der Waals surface area contributed by atoms with Crippen LogP contribution in [-0.4, -0.2) is 52.6 Å². The standard InChI is InChI=1S/C21H26N4O4S/c26-19(23-14-16-4-2-1-3-5-16)18-15-24-13-10-22-20(24)21(29-18)8-11-25(12-9-21)30(27,28)17-6-7-17/h1-5,10,13,17-18H,6-9,11-12,14-15H2,(H,23,26)/t18-/m1/s1. The largest absolute Gasteiger partial charge is 0.352 e. The van der Waals surface area contributed by atoms with Crippen molar-refractivity contribution in [1.29, 1.82) is 0 Å². The van der Waals surface area contributed by atoms with E-state index in [9.17, 15) is 13.2 Å². The quantitative estimate of drug-likeness (QED) is 0.774. The van der Waals surface area contributed by atoms with Gasteiger partial charge in [-0.25, -0.2) is 17.7 Å². The average Bonchev–Trinajstić information content (AvgIpc) is 3.52. The third-order valence-electron chi connectivity index (χ3n) is 6.29. The Balaban J connectivity index is 1.30. The highest BCUT2D eigenvalue weighted by molar-refractivity contribution is 7.90. The molecule has 9 heteroatoms. The molecule has 2 fully saturated rings. The van der Waals surface area contributed by atoms with Gasteiger partial charge in [-0.3, -0.25) is 4.79 Å². The molecule has 1 saturated heterocycles. The lowest BCUT2D eigenvalue weighted by molar-refractivity contribution is -0.171. The maximum atomic E-state index is 12.9. The number of imidazole rings is 1. The van der Waals surface area contributed by atoms with Crippen molar-refractivity contribution in [2.45, 2.75) is 55.7 Å². The highest BCUT2D eigenvalue weighted by Crippen LogP contribution is 2.42. The molecule has 1 atom stereocenters. The molecule has 1 amide bonds. The molecule has 0 radical (unpaired) electrons. The predicted octanol–water partition coefficient (Wildman–Crippen LogP) is 1.38. The van der Waals surface area contributed by atoms with E-state index in [-0.39, 0.29) is 11.2 Å². The molecular weight excluding hydrogens is 404 g/mol. The van der Waals surface area contributed by atoms with Crippen molar-refractivity contribution >= 4 is 15.9 Å². The van der Waals surface area contributed by atoms with Gasteiger partial charge in [0.1, 0.15) is 11.4 Å². The van der Waals surface area contributed by atoms with Crippen LogP contribution in [0, 0.1) is 0 Å². The van der Waals surface area contributed by atoms with E-state index in [4.69, 9.17) is 4.74 Å². The molecule has 1 aromatic carbocycles. The van der Waals surface area contributed by atoms with Gasteiger partial charge in [-0.2, -0.15) is 0 Å². The van der Waals surface area contributed by atoms with Gasteiger partial charge in [-0.05, 0) is 31.2 Å². The van der Waals surface area contributed by atoms with Crippen LogP contribution >= 0.6 is 0 Å². The number of nitrogens with one attached hydrogen (secondary N) is 1. The summed E-state index contributed by atoms with van der Waals surface area (Å²) in [6, 6.07) is 9.75. The molecule has 1 spiro atoms. The highest BCUT2D eigenvalue weighted by atomic mass is 32.2. The van der Waals surface area contributed by atoms with Crippen LogP contribution in [0.4, 0.5) is 0 Å². The number of carbonyl (C=O) groups is 1. The van der Waals surface area contributed by atoms with Gasteiger partial charge in [0.05, 0.1) is 11.8 Å². The number of benzene rings is 1. The first-order chi connectivity index (χ1) is 14.5. The molecule has 1 aromatic heterocycles. The molecule has 3 aliphatic rings. The second-order valence-electron chi connectivity index (χ2n) is 8.35. The van der Waals surface area contributed by atoms with Gasteiger partial charge in [0.15, 0.2) is 6.10 Å². The summed E-state index contributed by atoms with van der Waals surface area (Å²) in [6.45, 7) is 1.63. The lowest BCUT2D eigenvalue weighted by atomic mass is 9.89. The van der Waals surface area contributed by atoms with Crippen LogP contribution in [0.1, 0.15) is 37.1 Å². The Hall–Kier alpha value is -2.23. The van der Waals surface area contributed by atoms with Gasteiger partial charge < -0.3 is 14.6 Å².